The zero-order valence-electron chi connectivity index (χ0n) is 5.90. The number of hydrogen-bond donors (Lipinski definition) is 4. The van der Waals surface area contributed by atoms with Crippen LogP contribution in [0.2, 0.25) is 0 Å². The van der Waals surface area contributed by atoms with Gasteiger partial charge in [0.05, 0.1) is 0 Å². The van der Waals surface area contributed by atoms with Crippen molar-refractivity contribution in [1.29, 1.82) is 0 Å². The zero-order valence-corrected chi connectivity index (χ0v) is 6.80. The van der Waals surface area contributed by atoms with E-state index in [1.807, 2.05) is 0 Å². The van der Waals surface area contributed by atoms with Crippen molar-refractivity contribution in [1.82, 2.24) is 6.15 Å². The Morgan fingerprint density at radius 1 is 0.692 bits per heavy atom. The minimum Gasteiger partial charge on any atom is -0.412 e. The minimum atomic E-state index is -4.64. The van der Waals surface area contributed by atoms with Crippen LogP contribution < -0.4 is 6.15 Å². The summed E-state index contributed by atoms with van der Waals surface area (Å²) in [6, 6.07) is 0. The third kappa shape index (κ3) is 3980. The van der Waals surface area contributed by atoms with Crippen LogP contribution in [0.5, 0.6) is 0 Å². The van der Waals surface area contributed by atoms with Gasteiger partial charge >= 0.3 is 30.9 Å². The van der Waals surface area contributed by atoms with Crippen molar-refractivity contribution in [3.63, 3.8) is 0 Å². The predicted molar refractivity (Wildman–Crippen MR) is 49.5 cm³/mol. The maximum absolute atomic E-state index is 8.88. The molecule has 0 fully saturated rings. The molecule has 0 amide bonds. The molecule has 0 spiro atoms. The van der Waals surface area contributed by atoms with Crippen LogP contribution >= 0.6 is 7.82 Å². The third-order valence-corrected chi connectivity index (χ3v) is 0. The first-order chi connectivity index (χ1) is 2.00. The van der Waals surface area contributed by atoms with Crippen LogP contribution in [0.15, 0.2) is 0 Å². The highest BCUT2D eigenvalue weighted by Crippen LogP contribution is 2.25. The van der Waals surface area contributed by atoms with Crippen LogP contribution in [0.4, 0.5) is 0 Å². The lowest BCUT2D eigenvalue weighted by atomic mass is 14.0. The molecule has 18 N–H and O–H groups in total. The lowest BCUT2D eigenvalue weighted by molar-refractivity contribution is 0.275. The quantitative estimate of drug-likeness (QED) is 0.239. The van der Waals surface area contributed by atoms with Gasteiger partial charge in [0.15, 0.2) is 0 Å². The number of rotatable bonds is 0. The molecule has 0 rings (SSSR count). The molecule has 0 saturated carbocycles. The van der Waals surface area contributed by atoms with Crippen LogP contribution in [-0.4, -0.2) is 70.6 Å². The third-order valence-electron chi connectivity index (χ3n) is 0. The molecule has 11 nitrogen and oxygen atoms in total. The molecule has 13 heavy (non-hydrogen) atoms. The second kappa shape index (κ2) is 38.9. The molecule has 0 aliphatic heterocycles. The molecule has 0 aliphatic rings. The van der Waals surface area contributed by atoms with E-state index in [2.05, 4.69) is 0 Å². The molecule has 0 aliphatic carbocycles. The van der Waals surface area contributed by atoms with Gasteiger partial charge in [-0.1, -0.05) is 0 Å². The molecule has 0 atom stereocenters. The molecular formula is H20MgNO10P. The highest BCUT2D eigenvalue weighted by Gasteiger charge is 2.00. The second-order valence-corrected chi connectivity index (χ2v) is 1.54. The largest absolute Gasteiger partial charge is 0.466 e. The smallest absolute Gasteiger partial charge is 0.412 e. The predicted octanol–water partition coefficient (Wildman–Crippen LogP) is -6.63. The van der Waals surface area contributed by atoms with Crippen LogP contribution in [0.1, 0.15) is 0 Å². The lowest BCUT2D eigenvalue weighted by Gasteiger charge is -1.82. The average Bonchev–Trinajstić information content (AvgIpc) is 0.722. The Bertz CT molecular complexity index is 61.1. The summed E-state index contributed by atoms with van der Waals surface area (Å²) in [5, 5.41) is 0. The van der Waals surface area contributed by atoms with E-state index in [-0.39, 0.29) is 62.1 Å². The lowest BCUT2D eigenvalue weighted by Crippen LogP contribution is -1.66. The van der Waals surface area contributed by atoms with Gasteiger partial charge in [-0.3, -0.25) is 0 Å². The van der Waals surface area contributed by atoms with E-state index in [9.17, 15) is 0 Å². The summed E-state index contributed by atoms with van der Waals surface area (Å²) in [5.41, 5.74) is 0. The van der Waals surface area contributed by atoms with Gasteiger partial charge in [0, 0.05) is 0 Å². The fourth-order valence-corrected chi connectivity index (χ4v) is 0. The summed E-state index contributed by atoms with van der Waals surface area (Å²) in [7, 11) is -4.64. The van der Waals surface area contributed by atoms with E-state index in [0.29, 0.717) is 0 Å². The molecule has 0 aromatic rings. The normalized spacial score (nSPS) is 4.54. The number of hydrogen-bond acceptors (Lipinski definition) is 2. The fraction of sp³-hybridized carbons (Fsp3) is 0. The van der Waals surface area contributed by atoms with Crippen LogP contribution in [0.3, 0.4) is 0 Å². The Morgan fingerprint density at radius 2 is 0.692 bits per heavy atom. The molecule has 0 bridgehead atoms. The summed E-state index contributed by atoms with van der Waals surface area (Å²) >= 11 is 0. The molecule has 13 heteroatoms. The Hall–Kier alpha value is 0.596. The van der Waals surface area contributed by atoms with Gasteiger partial charge in [-0.05, 0) is 0 Å². The fourth-order valence-electron chi connectivity index (χ4n) is 0. The number of phosphoric acid groups is 1. The van der Waals surface area contributed by atoms with Crippen molar-refractivity contribution in [3.05, 3.63) is 0 Å². The Morgan fingerprint density at radius 3 is 0.692 bits per heavy atom. The van der Waals surface area contributed by atoms with Crippen LogP contribution in [0, 0.1) is 0 Å². The van der Waals surface area contributed by atoms with Crippen LogP contribution in [0.25, 0.3) is 0 Å². The van der Waals surface area contributed by atoms with Gasteiger partial charge in [-0.2, -0.15) is 0 Å². The molecule has 0 saturated heterocycles. The van der Waals surface area contributed by atoms with E-state index in [1.54, 1.807) is 0 Å². The Balaban J connectivity index is -0.00000000286. The van der Waals surface area contributed by atoms with Gasteiger partial charge in [-0.15, -0.1) is 0 Å². The van der Waals surface area contributed by atoms with Gasteiger partial charge in [0.2, 0.25) is 0 Å². The van der Waals surface area contributed by atoms with Gasteiger partial charge in [-0.25, -0.2) is 4.57 Å². The SMILES string of the molecule is N.O.O.O.O.O.O.O=P(O)(O)O.[MgH2]. The van der Waals surface area contributed by atoms with Crippen molar-refractivity contribution < 1.29 is 52.1 Å². The summed E-state index contributed by atoms with van der Waals surface area (Å²) < 4.78 is 8.88. The molecule has 0 aromatic heterocycles. The standard InChI is InChI=1S/Mg.H3N.H3O4P.6H2O.2H/c;;1-5(2,3)4;;;;;;;;/h;1H3;(H3,1,2,3,4);6*1H2;;. The van der Waals surface area contributed by atoms with E-state index in [4.69, 9.17) is 19.2 Å². The first kappa shape index (κ1) is 102. The first-order valence-corrected chi connectivity index (χ1v) is 2.35. The van der Waals surface area contributed by atoms with Gasteiger partial charge in [0.25, 0.3) is 0 Å². The summed E-state index contributed by atoms with van der Waals surface area (Å²) in [6.07, 6.45) is 0. The van der Waals surface area contributed by atoms with Crippen molar-refractivity contribution >= 4 is 30.9 Å². The minimum absolute atomic E-state index is 0. The maximum Gasteiger partial charge on any atom is 0.466 e. The molecule has 92 valence electrons. The van der Waals surface area contributed by atoms with Gasteiger partial charge < -0.3 is 53.7 Å². The summed E-state index contributed by atoms with van der Waals surface area (Å²) in [5.74, 6) is 0. The molecule has 0 unspecified atom stereocenters. The van der Waals surface area contributed by atoms with Gasteiger partial charge in [0.1, 0.15) is 0 Å². The van der Waals surface area contributed by atoms with E-state index in [1.165, 1.54) is 0 Å². The van der Waals surface area contributed by atoms with E-state index in [0.717, 1.165) is 0 Å². The maximum atomic E-state index is 8.88. The van der Waals surface area contributed by atoms with Crippen molar-refractivity contribution in [3.8, 4) is 0 Å². The first-order valence-electron chi connectivity index (χ1n) is 0.783. The van der Waals surface area contributed by atoms with Crippen LogP contribution in [-0.2, 0) is 4.57 Å². The second-order valence-electron chi connectivity index (χ2n) is 0.513. The summed E-state index contributed by atoms with van der Waals surface area (Å²) in [4.78, 5) is 21.6. The molecular weight excluding hydrogens is 229 g/mol. The molecule has 0 radical (unpaired) electrons. The van der Waals surface area contributed by atoms with E-state index < -0.39 is 7.82 Å². The monoisotopic (exact) mass is 249 g/mol. The zero-order chi connectivity index (χ0) is 4.50. The average molecular weight is 249 g/mol. The van der Waals surface area contributed by atoms with Crippen molar-refractivity contribution in [2.75, 3.05) is 0 Å². The highest BCUT2D eigenvalue weighted by molar-refractivity contribution is 7.45. The van der Waals surface area contributed by atoms with E-state index >= 15 is 0 Å². The summed E-state index contributed by atoms with van der Waals surface area (Å²) in [6.45, 7) is 0. The molecule has 0 heterocycles. The molecule has 0 aromatic carbocycles. The van der Waals surface area contributed by atoms with Crippen molar-refractivity contribution in [2.24, 2.45) is 0 Å². The topological polar surface area (TPSA) is 302 Å². The Labute approximate surface area is 89.6 Å². The van der Waals surface area contributed by atoms with Crippen molar-refractivity contribution in [2.45, 2.75) is 0 Å². The Kier molecular flexibility index (Phi) is 306. The highest BCUT2D eigenvalue weighted by atomic mass is 31.2.